The number of nitrogens with two attached hydrogens (primary N) is 1. The molecule has 0 aromatic heterocycles. The fraction of sp³-hybridized carbons (Fsp3) is 0.152. The van der Waals surface area contributed by atoms with E-state index in [0.29, 0.717) is 34.1 Å². The van der Waals surface area contributed by atoms with Crippen molar-refractivity contribution >= 4 is 29.1 Å². The molecule has 4 aromatic carbocycles. The predicted molar refractivity (Wildman–Crippen MR) is 163 cm³/mol. The number of carbonyl (C=O) groups excluding carboxylic acids is 2. The van der Waals surface area contributed by atoms with Gasteiger partial charge in [0.25, 0.3) is 0 Å². The first-order valence-corrected chi connectivity index (χ1v) is 13.3. The summed E-state index contributed by atoms with van der Waals surface area (Å²) in [7, 11) is 0. The normalized spacial score (nSPS) is 12.2. The van der Waals surface area contributed by atoms with E-state index in [4.69, 9.17) is 19.9 Å². The number of nitrogens with one attached hydrogen (secondary N) is 2. The van der Waals surface area contributed by atoms with Gasteiger partial charge in [-0.3, -0.25) is 10.1 Å². The van der Waals surface area contributed by atoms with Gasteiger partial charge < -0.3 is 30.4 Å². The van der Waals surface area contributed by atoms with Crippen LogP contribution < -0.4 is 25.8 Å². The van der Waals surface area contributed by atoms with Crippen molar-refractivity contribution in [2.45, 2.75) is 19.1 Å². The molecule has 0 fully saturated rings. The van der Waals surface area contributed by atoms with Gasteiger partial charge in [-0.15, -0.1) is 0 Å². The number of rotatable bonds is 12. The minimum absolute atomic E-state index is 0.0280. The number of hydrogen-bond acceptors (Lipinski definition) is 7. The Hall–Kier alpha value is -5.28. The molecule has 0 radical (unpaired) electrons. The highest BCUT2D eigenvalue weighted by molar-refractivity contribution is 6.01. The Labute approximate surface area is 244 Å². The summed E-state index contributed by atoms with van der Waals surface area (Å²) in [6.45, 7) is 1.77. The van der Waals surface area contributed by atoms with Gasteiger partial charge in [-0.2, -0.15) is 0 Å². The summed E-state index contributed by atoms with van der Waals surface area (Å²) in [5, 5.41) is 14.9. The largest absolute Gasteiger partial charge is 0.491 e. The second-order valence-corrected chi connectivity index (χ2v) is 9.26. The van der Waals surface area contributed by atoms with Gasteiger partial charge in [0, 0.05) is 17.3 Å². The van der Waals surface area contributed by atoms with Gasteiger partial charge >= 0.3 is 6.09 Å². The van der Waals surface area contributed by atoms with Gasteiger partial charge in [0.05, 0.1) is 18.0 Å². The van der Waals surface area contributed by atoms with Crippen molar-refractivity contribution in [3.8, 4) is 11.5 Å². The highest BCUT2D eigenvalue weighted by atomic mass is 16.6. The van der Waals surface area contributed by atoms with Crippen LogP contribution in [0.3, 0.4) is 0 Å². The molecule has 0 bridgehead atoms. The van der Waals surface area contributed by atoms with Gasteiger partial charge in [0.15, 0.2) is 12.2 Å². The first kappa shape index (κ1) is 29.7. The van der Waals surface area contributed by atoms with E-state index in [9.17, 15) is 14.7 Å². The first-order valence-electron chi connectivity index (χ1n) is 13.3. The van der Waals surface area contributed by atoms with Gasteiger partial charge in [-0.25, -0.2) is 4.79 Å². The number of para-hydroxylation sites is 4. The summed E-state index contributed by atoms with van der Waals surface area (Å²) in [6.07, 6.45) is 0.0160. The summed E-state index contributed by atoms with van der Waals surface area (Å²) >= 11 is 0. The van der Waals surface area contributed by atoms with Crippen molar-refractivity contribution in [2.24, 2.45) is 0 Å². The Morgan fingerprint density at radius 1 is 0.881 bits per heavy atom. The number of aliphatic hydroxyl groups is 1. The zero-order chi connectivity index (χ0) is 29.7. The second-order valence-electron chi connectivity index (χ2n) is 9.26. The molecular weight excluding hydrogens is 534 g/mol. The molecule has 0 saturated carbocycles. The van der Waals surface area contributed by atoms with E-state index in [1.807, 2.05) is 25.1 Å². The summed E-state index contributed by atoms with van der Waals surface area (Å²) in [6, 6.07) is 30.1. The summed E-state index contributed by atoms with van der Waals surface area (Å²) in [5.41, 5.74) is 8.91. The van der Waals surface area contributed by atoms with Gasteiger partial charge in [-0.05, 0) is 55.5 Å². The zero-order valence-electron chi connectivity index (χ0n) is 23.1. The molecule has 0 heterocycles. The molecule has 42 heavy (non-hydrogen) atoms. The monoisotopic (exact) mass is 567 g/mol. The van der Waals surface area contributed by atoms with E-state index in [1.54, 1.807) is 84.9 Å². The van der Waals surface area contributed by atoms with E-state index in [2.05, 4.69) is 10.6 Å². The lowest BCUT2D eigenvalue weighted by atomic mass is 10.0. The molecule has 9 nitrogen and oxygen atoms in total. The van der Waals surface area contributed by atoms with Crippen molar-refractivity contribution < 1.29 is 28.9 Å². The van der Waals surface area contributed by atoms with E-state index in [1.165, 1.54) is 12.2 Å². The van der Waals surface area contributed by atoms with Crippen molar-refractivity contribution in [2.75, 3.05) is 29.6 Å². The number of carbonyl (C=O) groups is 2. The van der Waals surface area contributed by atoms with Crippen molar-refractivity contribution in [1.82, 2.24) is 0 Å². The SMILES string of the molecule is Cc1ccc(NC(=O)O[C@H](c2ccccc2OCCO)[C@@H](/C=C/C(=O)Nc2ccccc2N)Oc2ccccc2)cc1. The zero-order valence-corrected chi connectivity index (χ0v) is 23.1. The third kappa shape index (κ3) is 8.61. The highest BCUT2D eigenvalue weighted by Crippen LogP contribution is 2.33. The van der Waals surface area contributed by atoms with Crippen molar-refractivity contribution in [3.05, 3.63) is 126 Å². The maximum Gasteiger partial charge on any atom is 0.412 e. The van der Waals surface area contributed by atoms with Gasteiger partial charge in [-0.1, -0.05) is 66.2 Å². The van der Waals surface area contributed by atoms with Crippen LogP contribution in [0.4, 0.5) is 21.9 Å². The average molecular weight is 568 g/mol. The molecule has 4 rings (SSSR count). The summed E-state index contributed by atoms with van der Waals surface area (Å²) in [5.74, 6) is 0.416. The number of ether oxygens (including phenoxy) is 3. The lowest BCUT2D eigenvalue weighted by molar-refractivity contribution is -0.112. The number of aliphatic hydroxyl groups excluding tert-OH is 1. The van der Waals surface area contributed by atoms with Crippen LogP contribution in [-0.2, 0) is 9.53 Å². The van der Waals surface area contributed by atoms with Crippen LogP contribution >= 0.6 is 0 Å². The second kappa shape index (κ2) is 14.9. The van der Waals surface area contributed by atoms with Gasteiger partial charge in [0.2, 0.25) is 5.91 Å². The van der Waals surface area contributed by atoms with Gasteiger partial charge in [0.1, 0.15) is 18.1 Å². The number of hydrogen-bond donors (Lipinski definition) is 4. The molecule has 0 aliphatic carbocycles. The van der Waals surface area contributed by atoms with Crippen molar-refractivity contribution in [1.29, 1.82) is 0 Å². The fourth-order valence-corrected chi connectivity index (χ4v) is 4.04. The molecular formula is C33H33N3O6. The number of anilines is 3. The molecule has 0 spiro atoms. The Morgan fingerprint density at radius 3 is 2.31 bits per heavy atom. The van der Waals surface area contributed by atoms with Crippen LogP contribution in [0.5, 0.6) is 11.5 Å². The highest BCUT2D eigenvalue weighted by Gasteiger charge is 2.30. The third-order valence-electron chi connectivity index (χ3n) is 6.08. The van der Waals surface area contributed by atoms with Crippen LogP contribution in [0.1, 0.15) is 17.2 Å². The Kier molecular flexibility index (Phi) is 10.6. The lowest BCUT2D eigenvalue weighted by Crippen LogP contribution is -2.30. The third-order valence-corrected chi connectivity index (χ3v) is 6.08. The summed E-state index contributed by atoms with van der Waals surface area (Å²) in [4.78, 5) is 26.1. The van der Waals surface area contributed by atoms with Crippen LogP contribution in [-0.4, -0.2) is 36.4 Å². The molecule has 5 N–H and O–H groups in total. The molecule has 2 atom stereocenters. The molecule has 2 amide bonds. The molecule has 216 valence electrons. The molecule has 0 saturated heterocycles. The van der Waals surface area contributed by atoms with E-state index in [-0.39, 0.29) is 13.2 Å². The van der Waals surface area contributed by atoms with E-state index < -0.39 is 24.2 Å². The number of amides is 2. The summed E-state index contributed by atoms with van der Waals surface area (Å²) < 4.78 is 18.0. The maximum absolute atomic E-state index is 13.2. The maximum atomic E-state index is 13.2. The Morgan fingerprint density at radius 2 is 1.57 bits per heavy atom. The minimum Gasteiger partial charge on any atom is -0.491 e. The van der Waals surface area contributed by atoms with E-state index >= 15 is 0 Å². The molecule has 0 unspecified atom stereocenters. The molecule has 0 aliphatic heterocycles. The Bertz CT molecular complexity index is 1490. The standard InChI is InChI=1S/C33H33N3O6/c1-23-15-17-24(18-16-23)35-33(39)42-32(26-11-5-8-14-29(26)40-22-21-37)30(41-25-9-3-2-4-10-25)19-20-31(38)36-28-13-7-6-12-27(28)34/h2-20,30,32,37H,21-22,34H2,1H3,(H,35,39)(H,36,38)/b20-19+/t30-,32-/m1/s1. The fourth-order valence-electron chi connectivity index (χ4n) is 4.04. The number of nitrogen functional groups attached to an aromatic ring is 1. The molecule has 9 heteroatoms. The van der Waals surface area contributed by atoms with Crippen LogP contribution in [0.2, 0.25) is 0 Å². The lowest BCUT2D eigenvalue weighted by Gasteiger charge is -2.27. The van der Waals surface area contributed by atoms with Crippen LogP contribution in [0.15, 0.2) is 115 Å². The quantitative estimate of drug-likeness (QED) is 0.124. The first-order chi connectivity index (χ1) is 20.4. The van der Waals surface area contributed by atoms with Crippen LogP contribution in [0.25, 0.3) is 0 Å². The topological polar surface area (TPSA) is 132 Å². The van der Waals surface area contributed by atoms with E-state index in [0.717, 1.165) is 5.56 Å². The predicted octanol–water partition coefficient (Wildman–Crippen LogP) is 5.88. The number of benzene rings is 4. The minimum atomic E-state index is -1.07. The molecule has 0 aliphatic rings. The van der Waals surface area contributed by atoms with Crippen LogP contribution in [0, 0.1) is 6.92 Å². The number of aryl methyl sites for hydroxylation is 1. The van der Waals surface area contributed by atoms with Crippen molar-refractivity contribution in [3.63, 3.8) is 0 Å². The smallest absolute Gasteiger partial charge is 0.412 e. The average Bonchev–Trinajstić information content (AvgIpc) is 3.00. The Balaban J connectivity index is 1.68. The molecule has 4 aromatic rings.